The van der Waals surface area contributed by atoms with Gasteiger partial charge in [-0.1, -0.05) is 17.7 Å². The highest BCUT2D eigenvalue weighted by Crippen LogP contribution is 2.20. The number of halogens is 1. The summed E-state index contributed by atoms with van der Waals surface area (Å²) in [6, 6.07) is 7.34. The van der Waals surface area contributed by atoms with Crippen molar-refractivity contribution < 1.29 is 9.53 Å². The molecule has 0 aromatic heterocycles. The normalized spacial score (nSPS) is 17.1. The average molecular weight is 341 g/mol. The Morgan fingerprint density at radius 2 is 2.13 bits per heavy atom. The van der Waals surface area contributed by atoms with Gasteiger partial charge in [-0.15, -0.1) is 0 Å². The van der Waals surface area contributed by atoms with E-state index in [0.29, 0.717) is 6.54 Å². The summed E-state index contributed by atoms with van der Waals surface area (Å²) < 4.78 is 4.87. The number of anilines is 1. The van der Waals surface area contributed by atoms with E-state index >= 15 is 0 Å². The van der Waals surface area contributed by atoms with E-state index in [1.165, 1.54) is 7.11 Å². The number of hydrogen-bond donors (Lipinski definition) is 2. The maximum absolute atomic E-state index is 11.7. The Bertz CT molecular complexity index is 507. The smallest absolute Gasteiger partial charge is 0.239 e. The molecule has 1 fully saturated rings. The van der Waals surface area contributed by atoms with Crippen LogP contribution in [0.3, 0.4) is 0 Å². The van der Waals surface area contributed by atoms with Gasteiger partial charge >= 0.3 is 0 Å². The number of benzene rings is 1. The van der Waals surface area contributed by atoms with Crippen LogP contribution in [0.1, 0.15) is 0 Å². The van der Waals surface area contributed by atoms with E-state index in [0.717, 1.165) is 43.4 Å². The lowest BCUT2D eigenvalue weighted by atomic mass is 10.2. The molecule has 0 aliphatic carbocycles. The van der Waals surface area contributed by atoms with Crippen LogP contribution in [0, 0.1) is 0 Å². The van der Waals surface area contributed by atoms with E-state index in [2.05, 4.69) is 21.2 Å². The molecular weight excluding hydrogens is 316 g/mol. The van der Waals surface area contributed by atoms with Crippen molar-refractivity contribution in [1.82, 2.24) is 10.2 Å². The summed E-state index contributed by atoms with van der Waals surface area (Å²) in [6.07, 6.45) is 0. The van der Waals surface area contributed by atoms with E-state index < -0.39 is 6.04 Å². The molecule has 1 aromatic carbocycles. The van der Waals surface area contributed by atoms with Crippen LogP contribution in [0.2, 0.25) is 5.02 Å². The number of amides is 1. The first kappa shape index (κ1) is 18.0. The van der Waals surface area contributed by atoms with Gasteiger partial charge in [0.2, 0.25) is 5.91 Å². The minimum atomic E-state index is -0.598. The molecule has 0 bridgehead atoms. The first-order valence-corrected chi connectivity index (χ1v) is 8.23. The first-order chi connectivity index (χ1) is 11.1. The molecular formula is C16H25ClN4O2. The number of nitrogens with two attached hydrogens (primary N) is 1. The Balaban J connectivity index is 1.68. The zero-order valence-corrected chi connectivity index (χ0v) is 14.3. The summed E-state index contributed by atoms with van der Waals surface area (Å²) in [5.74, 6) is -0.163. The van der Waals surface area contributed by atoms with Gasteiger partial charge in [0.15, 0.2) is 0 Å². The SMILES string of the molecule is COCC(N)C(=O)NCCN1CCN(c2cccc(Cl)c2)CC1. The van der Waals surface area contributed by atoms with Crippen molar-refractivity contribution in [3.05, 3.63) is 29.3 Å². The number of carbonyl (C=O) groups is 1. The fourth-order valence-electron chi connectivity index (χ4n) is 2.63. The molecule has 0 saturated carbocycles. The molecule has 1 atom stereocenters. The first-order valence-electron chi connectivity index (χ1n) is 7.85. The van der Waals surface area contributed by atoms with Gasteiger partial charge in [-0.05, 0) is 18.2 Å². The number of rotatable bonds is 7. The number of carbonyl (C=O) groups excluding carboxylic acids is 1. The summed E-state index contributed by atoms with van der Waals surface area (Å²) in [5.41, 5.74) is 6.84. The summed E-state index contributed by atoms with van der Waals surface area (Å²) in [4.78, 5) is 16.4. The van der Waals surface area contributed by atoms with Gasteiger partial charge in [0, 0.05) is 57.1 Å². The number of piperazine rings is 1. The van der Waals surface area contributed by atoms with Crippen LogP contribution in [-0.4, -0.2) is 69.8 Å². The zero-order valence-electron chi connectivity index (χ0n) is 13.5. The van der Waals surface area contributed by atoms with Crippen molar-refractivity contribution in [1.29, 1.82) is 0 Å². The lowest BCUT2D eigenvalue weighted by Crippen LogP contribution is -2.50. The van der Waals surface area contributed by atoms with E-state index in [1.54, 1.807) is 0 Å². The number of methoxy groups -OCH3 is 1. The maximum Gasteiger partial charge on any atom is 0.239 e. The second-order valence-corrected chi connectivity index (χ2v) is 6.10. The predicted octanol–water partition coefficient (Wildman–Crippen LogP) is 0.552. The minimum Gasteiger partial charge on any atom is -0.383 e. The molecule has 1 aliphatic rings. The Morgan fingerprint density at radius 3 is 2.78 bits per heavy atom. The molecule has 6 nitrogen and oxygen atoms in total. The molecule has 1 unspecified atom stereocenters. The lowest BCUT2D eigenvalue weighted by Gasteiger charge is -2.36. The van der Waals surface area contributed by atoms with Crippen molar-refractivity contribution in [2.75, 3.05) is 57.9 Å². The van der Waals surface area contributed by atoms with Crippen LogP contribution >= 0.6 is 11.6 Å². The second-order valence-electron chi connectivity index (χ2n) is 5.66. The largest absolute Gasteiger partial charge is 0.383 e. The minimum absolute atomic E-state index is 0.163. The van der Waals surface area contributed by atoms with Crippen molar-refractivity contribution in [2.24, 2.45) is 5.73 Å². The van der Waals surface area contributed by atoms with Gasteiger partial charge in [-0.25, -0.2) is 0 Å². The van der Waals surface area contributed by atoms with Gasteiger partial charge in [0.1, 0.15) is 6.04 Å². The molecule has 1 amide bonds. The molecule has 2 rings (SSSR count). The van der Waals surface area contributed by atoms with E-state index in [-0.39, 0.29) is 12.5 Å². The third-order valence-electron chi connectivity index (χ3n) is 3.96. The van der Waals surface area contributed by atoms with Gasteiger partial charge in [0.25, 0.3) is 0 Å². The molecule has 1 heterocycles. The van der Waals surface area contributed by atoms with Crippen LogP contribution < -0.4 is 16.0 Å². The van der Waals surface area contributed by atoms with E-state index in [1.807, 2.05) is 18.2 Å². The molecule has 3 N–H and O–H groups in total. The van der Waals surface area contributed by atoms with Crippen molar-refractivity contribution in [3.8, 4) is 0 Å². The zero-order chi connectivity index (χ0) is 16.7. The topological polar surface area (TPSA) is 70.8 Å². The summed E-state index contributed by atoms with van der Waals surface area (Å²) >= 11 is 6.04. The van der Waals surface area contributed by atoms with Crippen LogP contribution in [0.25, 0.3) is 0 Å². The van der Waals surface area contributed by atoms with Gasteiger partial charge in [0.05, 0.1) is 6.61 Å². The third kappa shape index (κ3) is 5.66. The molecule has 1 aliphatic heterocycles. The maximum atomic E-state index is 11.7. The molecule has 23 heavy (non-hydrogen) atoms. The lowest BCUT2D eigenvalue weighted by molar-refractivity contribution is -0.123. The summed E-state index contributed by atoms with van der Waals surface area (Å²) in [7, 11) is 1.53. The molecule has 0 spiro atoms. The second kappa shape index (κ2) is 9.08. The van der Waals surface area contributed by atoms with Crippen molar-refractivity contribution in [2.45, 2.75) is 6.04 Å². The highest BCUT2D eigenvalue weighted by molar-refractivity contribution is 6.30. The Kier molecular flexibility index (Phi) is 7.11. The average Bonchev–Trinajstić information content (AvgIpc) is 2.55. The molecule has 1 aromatic rings. The van der Waals surface area contributed by atoms with Crippen LogP contribution in [0.5, 0.6) is 0 Å². The molecule has 1 saturated heterocycles. The van der Waals surface area contributed by atoms with Crippen LogP contribution in [0.15, 0.2) is 24.3 Å². The number of ether oxygens (including phenoxy) is 1. The van der Waals surface area contributed by atoms with Crippen LogP contribution in [-0.2, 0) is 9.53 Å². The van der Waals surface area contributed by atoms with Gasteiger partial charge < -0.3 is 20.7 Å². The monoisotopic (exact) mass is 340 g/mol. The fourth-order valence-corrected chi connectivity index (χ4v) is 2.81. The van der Waals surface area contributed by atoms with Crippen molar-refractivity contribution in [3.63, 3.8) is 0 Å². The van der Waals surface area contributed by atoms with Gasteiger partial charge in [-0.2, -0.15) is 0 Å². The Morgan fingerprint density at radius 1 is 1.39 bits per heavy atom. The van der Waals surface area contributed by atoms with E-state index in [4.69, 9.17) is 22.1 Å². The highest BCUT2D eigenvalue weighted by atomic mass is 35.5. The molecule has 128 valence electrons. The van der Waals surface area contributed by atoms with Crippen molar-refractivity contribution >= 4 is 23.2 Å². The van der Waals surface area contributed by atoms with Gasteiger partial charge in [-0.3, -0.25) is 9.69 Å². The number of nitrogens with one attached hydrogen (secondary N) is 1. The fraction of sp³-hybridized carbons (Fsp3) is 0.562. The third-order valence-corrected chi connectivity index (χ3v) is 4.19. The van der Waals surface area contributed by atoms with E-state index in [9.17, 15) is 4.79 Å². The Labute approximate surface area is 142 Å². The van der Waals surface area contributed by atoms with Crippen LogP contribution in [0.4, 0.5) is 5.69 Å². The predicted molar refractivity (Wildman–Crippen MR) is 93.0 cm³/mol. The highest BCUT2D eigenvalue weighted by Gasteiger charge is 2.18. The summed E-state index contributed by atoms with van der Waals surface area (Å²) in [5, 5.41) is 3.61. The quantitative estimate of drug-likeness (QED) is 0.758. The molecule has 0 radical (unpaired) electrons. The summed E-state index contributed by atoms with van der Waals surface area (Å²) in [6.45, 7) is 5.51. The number of hydrogen-bond acceptors (Lipinski definition) is 5. The Hall–Kier alpha value is -1.34. The molecule has 7 heteroatoms. The standard InChI is InChI=1S/C16H25ClN4O2/c1-23-12-15(18)16(22)19-5-6-20-7-9-21(10-8-20)14-4-2-3-13(17)11-14/h2-4,11,15H,5-10,12,18H2,1H3,(H,19,22). The number of nitrogens with zero attached hydrogens (tertiary/aromatic N) is 2.